The molecule has 0 radical (unpaired) electrons. The predicted molar refractivity (Wildman–Crippen MR) is 79.3 cm³/mol. The molecule has 2 aromatic heterocycles. The second-order valence-electron chi connectivity index (χ2n) is 5.75. The van der Waals surface area contributed by atoms with E-state index in [1.54, 1.807) is 12.4 Å². The molecule has 0 spiro atoms. The lowest BCUT2D eigenvalue weighted by atomic mass is 9.96. The first-order valence-electron chi connectivity index (χ1n) is 7.48. The van der Waals surface area contributed by atoms with Gasteiger partial charge in [-0.05, 0) is 12.8 Å². The van der Waals surface area contributed by atoms with Gasteiger partial charge in [0.15, 0.2) is 17.3 Å². The van der Waals surface area contributed by atoms with Gasteiger partial charge in [-0.2, -0.15) is 10.2 Å². The SMILES string of the molecule is CC(C)c1noc(C2CCN(c3nccnc3C#N)CC2)n1. The summed E-state index contributed by atoms with van der Waals surface area (Å²) in [6, 6.07) is 2.10. The fourth-order valence-corrected chi connectivity index (χ4v) is 2.63. The third kappa shape index (κ3) is 2.77. The number of anilines is 1. The largest absolute Gasteiger partial charge is 0.354 e. The molecule has 1 aliphatic heterocycles. The van der Waals surface area contributed by atoms with E-state index in [4.69, 9.17) is 9.78 Å². The van der Waals surface area contributed by atoms with Crippen LogP contribution in [0.4, 0.5) is 5.82 Å². The molecular formula is C15H18N6O. The van der Waals surface area contributed by atoms with Crippen LogP contribution in [-0.4, -0.2) is 33.2 Å². The topological polar surface area (TPSA) is 91.7 Å². The highest BCUT2D eigenvalue weighted by molar-refractivity contribution is 5.49. The van der Waals surface area contributed by atoms with E-state index in [0.29, 0.717) is 11.5 Å². The van der Waals surface area contributed by atoms with Gasteiger partial charge in [-0.1, -0.05) is 19.0 Å². The molecule has 1 saturated heterocycles. The Morgan fingerprint density at radius 2 is 2.00 bits per heavy atom. The second-order valence-corrected chi connectivity index (χ2v) is 5.75. The van der Waals surface area contributed by atoms with E-state index in [1.165, 1.54) is 0 Å². The van der Waals surface area contributed by atoms with Crippen LogP contribution in [0.3, 0.4) is 0 Å². The van der Waals surface area contributed by atoms with Crippen molar-refractivity contribution in [2.24, 2.45) is 0 Å². The van der Waals surface area contributed by atoms with E-state index in [0.717, 1.165) is 37.6 Å². The first-order chi connectivity index (χ1) is 10.7. The summed E-state index contributed by atoms with van der Waals surface area (Å²) in [6.45, 7) is 5.71. The van der Waals surface area contributed by atoms with Gasteiger partial charge in [-0.15, -0.1) is 0 Å². The van der Waals surface area contributed by atoms with Gasteiger partial charge in [-0.3, -0.25) is 0 Å². The van der Waals surface area contributed by atoms with E-state index in [-0.39, 0.29) is 11.8 Å². The standard InChI is InChI=1S/C15H18N6O/c1-10(2)13-19-15(22-20-13)11-3-7-21(8-4-11)14-12(9-16)17-5-6-18-14/h5-6,10-11H,3-4,7-8H2,1-2H3. The Morgan fingerprint density at radius 3 is 2.64 bits per heavy atom. The Morgan fingerprint density at radius 1 is 1.27 bits per heavy atom. The molecule has 2 aromatic rings. The van der Waals surface area contributed by atoms with Crippen molar-refractivity contribution >= 4 is 5.82 Å². The summed E-state index contributed by atoms with van der Waals surface area (Å²) in [5, 5.41) is 13.2. The molecule has 22 heavy (non-hydrogen) atoms. The Bertz CT molecular complexity index is 681. The molecular weight excluding hydrogens is 280 g/mol. The molecule has 0 saturated carbocycles. The normalized spacial score (nSPS) is 16.0. The van der Waals surface area contributed by atoms with Crippen molar-refractivity contribution in [3.63, 3.8) is 0 Å². The Labute approximate surface area is 129 Å². The van der Waals surface area contributed by atoms with Crippen molar-refractivity contribution in [3.8, 4) is 6.07 Å². The summed E-state index contributed by atoms with van der Waals surface area (Å²) in [6.07, 6.45) is 4.97. The molecule has 1 fully saturated rings. The van der Waals surface area contributed by atoms with E-state index in [1.807, 2.05) is 0 Å². The van der Waals surface area contributed by atoms with Gasteiger partial charge in [-0.25, -0.2) is 9.97 Å². The minimum atomic E-state index is 0.273. The van der Waals surface area contributed by atoms with E-state index in [2.05, 4.69) is 44.9 Å². The fraction of sp³-hybridized carbons (Fsp3) is 0.533. The van der Waals surface area contributed by atoms with Crippen LogP contribution in [0.2, 0.25) is 0 Å². The zero-order chi connectivity index (χ0) is 15.5. The van der Waals surface area contributed by atoms with Crippen molar-refractivity contribution in [1.82, 2.24) is 20.1 Å². The van der Waals surface area contributed by atoms with Crippen molar-refractivity contribution < 1.29 is 4.52 Å². The van der Waals surface area contributed by atoms with Crippen molar-refractivity contribution in [3.05, 3.63) is 29.8 Å². The summed E-state index contributed by atoms with van der Waals surface area (Å²) < 4.78 is 5.39. The van der Waals surface area contributed by atoms with Crippen LogP contribution in [0.25, 0.3) is 0 Å². The van der Waals surface area contributed by atoms with Gasteiger partial charge in [0.25, 0.3) is 0 Å². The fourth-order valence-electron chi connectivity index (χ4n) is 2.63. The first kappa shape index (κ1) is 14.4. The van der Waals surface area contributed by atoms with Crippen LogP contribution >= 0.6 is 0 Å². The molecule has 0 N–H and O–H groups in total. The lowest BCUT2D eigenvalue weighted by Gasteiger charge is -2.31. The Hall–Kier alpha value is -2.49. The van der Waals surface area contributed by atoms with E-state index >= 15 is 0 Å². The van der Waals surface area contributed by atoms with Gasteiger partial charge >= 0.3 is 0 Å². The summed E-state index contributed by atoms with van der Waals surface area (Å²) in [5.41, 5.74) is 0.376. The van der Waals surface area contributed by atoms with Crippen LogP contribution in [0.5, 0.6) is 0 Å². The number of piperidine rings is 1. The van der Waals surface area contributed by atoms with Crippen LogP contribution < -0.4 is 4.90 Å². The summed E-state index contributed by atoms with van der Waals surface area (Å²) >= 11 is 0. The third-order valence-corrected chi connectivity index (χ3v) is 3.90. The van der Waals surface area contributed by atoms with Gasteiger partial charge in [0.1, 0.15) is 6.07 Å². The molecule has 0 bridgehead atoms. The average molecular weight is 298 g/mol. The quantitative estimate of drug-likeness (QED) is 0.858. The molecule has 0 amide bonds. The smallest absolute Gasteiger partial charge is 0.229 e. The first-order valence-corrected chi connectivity index (χ1v) is 7.48. The maximum atomic E-state index is 9.12. The number of aromatic nitrogens is 4. The molecule has 7 heteroatoms. The summed E-state index contributed by atoms with van der Waals surface area (Å²) in [7, 11) is 0. The molecule has 3 heterocycles. The molecule has 0 aromatic carbocycles. The van der Waals surface area contributed by atoms with Gasteiger partial charge < -0.3 is 9.42 Å². The molecule has 0 aliphatic carbocycles. The van der Waals surface area contributed by atoms with Gasteiger partial charge in [0.05, 0.1) is 0 Å². The Balaban J connectivity index is 1.68. The van der Waals surface area contributed by atoms with Gasteiger partial charge in [0, 0.05) is 37.3 Å². The van der Waals surface area contributed by atoms with Crippen LogP contribution in [0, 0.1) is 11.3 Å². The minimum Gasteiger partial charge on any atom is -0.354 e. The second kappa shape index (κ2) is 6.10. The zero-order valence-corrected chi connectivity index (χ0v) is 12.7. The maximum absolute atomic E-state index is 9.12. The lowest BCUT2D eigenvalue weighted by molar-refractivity contribution is 0.325. The summed E-state index contributed by atoms with van der Waals surface area (Å²) in [4.78, 5) is 14.9. The van der Waals surface area contributed by atoms with Crippen molar-refractivity contribution in [2.45, 2.75) is 38.5 Å². The lowest BCUT2D eigenvalue weighted by Crippen LogP contribution is -2.34. The highest BCUT2D eigenvalue weighted by Gasteiger charge is 2.27. The maximum Gasteiger partial charge on any atom is 0.229 e. The monoisotopic (exact) mass is 298 g/mol. The number of nitrogens with zero attached hydrogens (tertiary/aromatic N) is 6. The number of hydrogen-bond donors (Lipinski definition) is 0. The predicted octanol–water partition coefficient (Wildman–Crippen LogP) is 2.24. The molecule has 0 atom stereocenters. The molecule has 7 nitrogen and oxygen atoms in total. The number of rotatable bonds is 3. The molecule has 3 rings (SSSR count). The number of nitriles is 1. The van der Waals surface area contributed by atoms with Crippen LogP contribution in [-0.2, 0) is 0 Å². The summed E-state index contributed by atoms with van der Waals surface area (Å²) in [5.74, 6) is 2.70. The molecule has 114 valence electrons. The minimum absolute atomic E-state index is 0.273. The molecule has 0 unspecified atom stereocenters. The molecule has 1 aliphatic rings. The zero-order valence-electron chi connectivity index (χ0n) is 12.7. The Kier molecular flexibility index (Phi) is 4.00. The average Bonchev–Trinajstić information content (AvgIpc) is 3.05. The van der Waals surface area contributed by atoms with Crippen LogP contribution in [0.15, 0.2) is 16.9 Å². The van der Waals surface area contributed by atoms with Crippen molar-refractivity contribution in [2.75, 3.05) is 18.0 Å². The number of hydrogen-bond acceptors (Lipinski definition) is 7. The van der Waals surface area contributed by atoms with Crippen LogP contribution in [0.1, 0.15) is 55.9 Å². The van der Waals surface area contributed by atoms with Gasteiger partial charge in [0.2, 0.25) is 5.89 Å². The third-order valence-electron chi connectivity index (χ3n) is 3.90. The van der Waals surface area contributed by atoms with Crippen molar-refractivity contribution in [1.29, 1.82) is 5.26 Å². The van der Waals surface area contributed by atoms with E-state index in [9.17, 15) is 0 Å². The highest BCUT2D eigenvalue weighted by Crippen LogP contribution is 2.30. The van der Waals surface area contributed by atoms with E-state index < -0.39 is 0 Å². The highest BCUT2D eigenvalue weighted by atomic mass is 16.5.